The summed E-state index contributed by atoms with van der Waals surface area (Å²) < 4.78 is 11.3. The Morgan fingerprint density at radius 2 is 2.00 bits per heavy atom. The maximum Gasteiger partial charge on any atom is 0.0576 e. The van der Waals surface area contributed by atoms with Gasteiger partial charge in [0.1, 0.15) is 0 Å². The summed E-state index contributed by atoms with van der Waals surface area (Å²) in [6.07, 6.45) is 9.45. The van der Waals surface area contributed by atoms with E-state index in [4.69, 9.17) is 9.47 Å². The van der Waals surface area contributed by atoms with Gasteiger partial charge in [-0.3, -0.25) is 0 Å². The lowest BCUT2D eigenvalue weighted by Gasteiger charge is -2.38. The molecule has 2 saturated heterocycles. The summed E-state index contributed by atoms with van der Waals surface area (Å²) in [7, 11) is 0. The lowest BCUT2D eigenvalue weighted by atomic mass is 9.75. The molecule has 20 heavy (non-hydrogen) atoms. The van der Waals surface area contributed by atoms with E-state index in [0.717, 1.165) is 32.3 Å². The fourth-order valence-electron chi connectivity index (χ4n) is 3.52. The van der Waals surface area contributed by atoms with Gasteiger partial charge in [-0.05, 0) is 56.4 Å². The van der Waals surface area contributed by atoms with Crippen molar-refractivity contribution in [2.45, 2.75) is 64.9 Å². The molecule has 0 aromatic rings. The van der Waals surface area contributed by atoms with E-state index in [9.17, 15) is 0 Å². The SMILES string of the molecule is CC(C)CNCC1(CCCC2CCCO2)CCOCC1. The predicted molar refractivity (Wildman–Crippen MR) is 83.0 cm³/mol. The van der Waals surface area contributed by atoms with Gasteiger partial charge in [-0.25, -0.2) is 0 Å². The van der Waals surface area contributed by atoms with Crippen LogP contribution in [0.3, 0.4) is 0 Å². The zero-order valence-corrected chi connectivity index (χ0v) is 13.5. The molecule has 2 heterocycles. The van der Waals surface area contributed by atoms with Crippen molar-refractivity contribution in [1.29, 1.82) is 0 Å². The van der Waals surface area contributed by atoms with Crippen molar-refractivity contribution in [3.8, 4) is 0 Å². The number of hydrogen-bond donors (Lipinski definition) is 1. The van der Waals surface area contributed by atoms with Crippen molar-refractivity contribution in [2.75, 3.05) is 32.9 Å². The van der Waals surface area contributed by atoms with E-state index in [2.05, 4.69) is 19.2 Å². The molecular formula is C17H33NO2. The maximum absolute atomic E-state index is 5.75. The van der Waals surface area contributed by atoms with E-state index in [-0.39, 0.29) is 0 Å². The minimum absolute atomic E-state index is 0.478. The standard InChI is InChI=1S/C17H33NO2/c1-15(2)13-18-14-17(8-11-19-12-9-17)7-3-5-16-6-4-10-20-16/h15-16,18H,3-14H2,1-2H3. The molecule has 0 aromatic heterocycles. The summed E-state index contributed by atoms with van der Waals surface area (Å²) in [6.45, 7) is 9.74. The van der Waals surface area contributed by atoms with Crippen LogP contribution in [-0.2, 0) is 9.47 Å². The first kappa shape index (κ1) is 16.3. The van der Waals surface area contributed by atoms with Crippen LogP contribution < -0.4 is 5.32 Å². The average Bonchev–Trinajstić information content (AvgIpc) is 2.92. The number of rotatable bonds is 8. The number of nitrogens with one attached hydrogen (secondary N) is 1. The molecule has 0 amide bonds. The van der Waals surface area contributed by atoms with Crippen LogP contribution in [0.15, 0.2) is 0 Å². The Morgan fingerprint density at radius 1 is 1.20 bits per heavy atom. The molecule has 2 aliphatic rings. The van der Waals surface area contributed by atoms with Crippen molar-refractivity contribution in [1.82, 2.24) is 5.32 Å². The lowest BCUT2D eigenvalue weighted by Crippen LogP contribution is -2.40. The quantitative estimate of drug-likeness (QED) is 0.741. The molecular weight excluding hydrogens is 250 g/mol. The van der Waals surface area contributed by atoms with Crippen LogP contribution in [0.5, 0.6) is 0 Å². The molecule has 0 bridgehead atoms. The Labute approximate surface area is 124 Å². The van der Waals surface area contributed by atoms with Gasteiger partial charge in [0.05, 0.1) is 6.10 Å². The lowest BCUT2D eigenvalue weighted by molar-refractivity contribution is 0.00658. The van der Waals surface area contributed by atoms with Crippen LogP contribution in [0.1, 0.15) is 58.8 Å². The van der Waals surface area contributed by atoms with Crippen molar-refractivity contribution < 1.29 is 9.47 Å². The highest BCUT2D eigenvalue weighted by molar-refractivity contribution is 4.84. The Morgan fingerprint density at radius 3 is 2.65 bits per heavy atom. The van der Waals surface area contributed by atoms with Crippen LogP contribution in [0.4, 0.5) is 0 Å². The molecule has 118 valence electrons. The first-order valence-corrected chi connectivity index (χ1v) is 8.60. The van der Waals surface area contributed by atoms with Gasteiger partial charge in [-0.1, -0.05) is 20.3 Å². The third-order valence-corrected chi connectivity index (χ3v) is 4.86. The fraction of sp³-hybridized carbons (Fsp3) is 1.00. The van der Waals surface area contributed by atoms with Gasteiger partial charge in [-0.15, -0.1) is 0 Å². The van der Waals surface area contributed by atoms with E-state index in [1.807, 2.05) is 0 Å². The van der Waals surface area contributed by atoms with E-state index in [0.29, 0.717) is 11.5 Å². The first-order chi connectivity index (χ1) is 9.70. The van der Waals surface area contributed by atoms with Crippen molar-refractivity contribution >= 4 is 0 Å². The summed E-state index contributed by atoms with van der Waals surface area (Å²) in [5, 5.41) is 3.69. The van der Waals surface area contributed by atoms with Gasteiger partial charge >= 0.3 is 0 Å². The van der Waals surface area contributed by atoms with Crippen LogP contribution in [0.25, 0.3) is 0 Å². The highest BCUT2D eigenvalue weighted by Gasteiger charge is 2.32. The van der Waals surface area contributed by atoms with Gasteiger partial charge in [-0.2, -0.15) is 0 Å². The van der Waals surface area contributed by atoms with Crippen LogP contribution in [-0.4, -0.2) is 39.0 Å². The fourth-order valence-corrected chi connectivity index (χ4v) is 3.52. The summed E-state index contributed by atoms with van der Waals surface area (Å²) in [5.41, 5.74) is 0.478. The van der Waals surface area contributed by atoms with E-state index in [1.54, 1.807) is 0 Å². The average molecular weight is 283 g/mol. The second kappa shape index (κ2) is 8.35. The molecule has 1 N–H and O–H groups in total. The highest BCUT2D eigenvalue weighted by Crippen LogP contribution is 2.36. The molecule has 3 heteroatoms. The van der Waals surface area contributed by atoms with Crippen molar-refractivity contribution in [3.05, 3.63) is 0 Å². The van der Waals surface area contributed by atoms with Gasteiger partial charge in [0, 0.05) is 26.4 Å². The second-order valence-electron chi connectivity index (χ2n) is 7.16. The van der Waals surface area contributed by atoms with Crippen molar-refractivity contribution in [2.24, 2.45) is 11.3 Å². The molecule has 0 spiro atoms. The number of hydrogen-bond acceptors (Lipinski definition) is 3. The van der Waals surface area contributed by atoms with Gasteiger partial charge < -0.3 is 14.8 Å². The van der Waals surface area contributed by atoms with E-state index in [1.165, 1.54) is 51.5 Å². The summed E-state index contributed by atoms with van der Waals surface area (Å²) >= 11 is 0. The molecule has 0 radical (unpaired) electrons. The molecule has 2 rings (SSSR count). The van der Waals surface area contributed by atoms with Gasteiger partial charge in [0.15, 0.2) is 0 Å². The van der Waals surface area contributed by atoms with Crippen LogP contribution in [0, 0.1) is 11.3 Å². The normalized spacial score (nSPS) is 26.2. The third-order valence-electron chi connectivity index (χ3n) is 4.86. The van der Waals surface area contributed by atoms with E-state index < -0.39 is 0 Å². The molecule has 2 fully saturated rings. The Hall–Kier alpha value is -0.120. The maximum atomic E-state index is 5.75. The summed E-state index contributed by atoms with van der Waals surface area (Å²) in [5.74, 6) is 0.735. The topological polar surface area (TPSA) is 30.5 Å². The smallest absolute Gasteiger partial charge is 0.0576 e. The third kappa shape index (κ3) is 5.34. The molecule has 2 aliphatic heterocycles. The van der Waals surface area contributed by atoms with Gasteiger partial charge in [0.2, 0.25) is 0 Å². The minimum atomic E-state index is 0.478. The Balaban J connectivity index is 1.73. The molecule has 1 atom stereocenters. The molecule has 0 saturated carbocycles. The van der Waals surface area contributed by atoms with Gasteiger partial charge in [0.25, 0.3) is 0 Å². The minimum Gasteiger partial charge on any atom is -0.381 e. The van der Waals surface area contributed by atoms with Crippen LogP contribution in [0.2, 0.25) is 0 Å². The zero-order chi connectivity index (χ0) is 14.3. The highest BCUT2D eigenvalue weighted by atomic mass is 16.5. The van der Waals surface area contributed by atoms with E-state index >= 15 is 0 Å². The van der Waals surface area contributed by atoms with Crippen molar-refractivity contribution in [3.63, 3.8) is 0 Å². The Kier molecular flexibility index (Phi) is 6.79. The zero-order valence-electron chi connectivity index (χ0n) is 13.5. The molecule has 3 nitrogen and oxygen atoms in total. The molecule has 0 aliphatic carbocycles. The summed E-state index contributed by atoms with van der Waals surface area (Å²) in [6, 6.07) is 0. The molecule has 1 unspecified atom stereocenters. The monoisotopic (exact) mass is 283 g/mol. The second-order valence-corrected chi connectivity index (χ2v) is 7.16. The van der Waals surface area contributed by atoms with Crippen LogP contribution >= 0.6 is 0 Å². The summed E-state index contributed by atoms with van der Waals surface area (Å²) in [4.78, 5) is 0. The molecule has 0 aromatic carbocycles. The first-order valence-electron chi connectivity index (χ1n) is 8.60. The Bertz CT molecular complexity index is 256. The number of ether oxygens (including phenoxy) is 2. The largest absolute Gasteiger partial charge is 0.381 e. The predicted octanol–water partition coefficient (Wildman–Crippen LogP) is 3.38.